The maximum absolute atomic E-state index is 13.7. The van der Waals surface area contributed by atoms with Gasteiger partial charge in [-0.3, -0.25) is 0 Å². The maximum atomic E-state index is 13.7. The molecule has 0 aliphatic heterocycles. The van der Waals surface area contributed by atoms with Gasteiger partial charge in [-0.15, -0.1) is 11.3 Å². The van der Waals surface area contributed by atoms with Gasteiger partial charge in [0.15, 0.2) is 0 Å². The zero-order valence-corrected chi connectivity index (χ0v) is 11.1. The molecule has 1 aromatic carbocycles. The highest BCUT2D eigenvalue weighted by atomic mass is 32.1. The number of nitrogens with zero attached hydrogens (tertiary/aromatic N) is 1. The molecule has 5 heteroatoms. The van der Waals surface area contributed by atoms with Gasteiger partial charge >= 0.3 is 0 Å². The molecule has 0 aliphatic carbocycles. The third-order valence-electron chi connectivity index (χ3n) is 2.83. The predicted octanol–water partition coefficient (Wildman–Crippen LogP) is 3.75. The molecule has 1 heterocycles. The fourth-order valence-electron chi connectivity index (χ4n) is 1.73. The SMILES string of the molecule is C[C@H](NCc1c(F)cc(C#N)cc1F)c1cccs1. The molecule has 0 aliphatic rings. The lowest BCUT2D eigenvalue weighted by Crippen LogP contribution is -2.19. The minimum atomic E-state index is -0.692. The molecule has 2 nitrogen and oxygen atoms in total. The minimum absolute atomic E-state index is 0.00921. The molecular weight excluding hydrogens is 266 g/mol. The third kappa shape index (κ3) is 3.16. The molecule has 0 spiro atoms. The summed E-state index contributed by atoms with van der Waals surface area (Å²) in [5.74, 6) is -1.38. The van der Waals surface area contributed by atoms with E-state index in [1.54, 1.807) is 17.4 Å². The normalized spacial score (nSPS) is 12.1. The second kappa shape index (κ2) is 5.91. The van der Waals surface area contributed by atoms with Crippen LogP contribution >= 0.6 is 11.3 Å². The van der Waals surface area contributed by atoms with Crippen molar-refractivity contribution in [2.24, 2.45) is 0 Å². The van der Waals surface area contributed by atoms with Crippen molar-refractivity contribution in [1.82, 2.24) is 5.32 Å². The van der Waals surface area contributed by atoms with Gasteiger partial charge in [0.25, 0.3) is 0 Å². The van der Waals surface area contributed by atoms with Gasteiger partial charge in [0, 0.05) is 23.0 Å². The topological polar surface area (TPSA) is 35.8 Å². The molecule has 98 valence electrons. The monoisotopic (exact) mass is 278 g/mol. The highest BCUT2D eigenvalue weighted by Gasteiger charge is 2.13. The summed E-state index contributed by atoms with van der Waals surface area (Å²) in [4.78, 5) is 1.11. The number of benzene rings is 1. The summed E-state index contributed by atoms with van der Waals surface area (Å²) in [6, 6.07) is 7.75. The summed E-state index contributed by atoms with van der Waals surface area (Å²) in [6.45, 7) is 2.02. The van der Waals surface area contributed by atoms with E-state index in [1.165, 1.54) is 0 Å². The van der Waals surface area contributed by atoms with Crippen molar-refractivity contribution in [3.05, 3.63) is 57.3 Å². The van der Waals surface area contributed by atoms with E-state index in [1.807, 2.05) is 24.4 Å². The number of hydrogen-bond acceptors (Lipinski definition) is 3. The van der Waals surface area contributed by atoms with Crippen molar-refractivity contribution in [3.63, 3.8) is 0 Å². The number of nitrogens with one attached hydrogen (secondary N) is 1. The molecule has 2 aromatic rings. The molecule has 19 heavy (non-hydrogen) atoms. The molecule has 2 rings (SSSR count). The molecule has 0 saturated heterocycles. The quantitative estimate of drug-likeness (QED) is 0.924. The Morgan fingerprint density at radius 3 is 2.58 bits per heavy atom. The Morgan fingerprint density at radius 1 is 1.37 bits per heavy atom. The van der Waals surface area contributed by atoms with Crippen molar-refractivity contribution >= 4 is 11.3 Å². The average Bonchev–Trinajstić information content (AvgIpc) is 2.91. The minimum Gasteiger partial charge on any atom is -0.305 e. The van der Waals surface area contributed by atoms with Crippen molar-refractivity contribution in [3.8, 4) is 6.07 Å². The predicted molar refractivity (Wildman–Crippen MR) is 70.6 cm³/mol. The maximum Gasteiger partial charge on any atom is 0.131 e. The second-order valence-electron chi connectivity index (χ2n) is 4.15. The first-order chi connectivity index (χ1) is 9.11. The lowest BCUT2D eigenvalue weighted by Gasteiger charge is -2.13. The fraction of sp³-hybridized carbons (Fsp3) is 0.214. The molecule has 0 amide bonds. The van der Waals surface area contributed by atoms with E-state index < -0.39 is 11.6 Å². The van der Waals surface area contributed by atoms with E-state index in [2.05, 4.69) is 5.32 Å². The molecule has 0 saturated carbocycles. The van der Waals surface area contributed by atoms with Gasteiger partial charge in [0.2, 0.25) is 0 Å². The van der Waals surface area contributed by atoms with Crippen LogP contribution < -0.4 is 5.32 Å². The van der Waals surface area contributed by atoms with E-state index in [0.717, 1.165) is 17.0 Å². The molecule has 1 N–H and O–H groups in total. The Kier molecular flexibility index (Phi) is 4.25. The summed E-state index contributed by atoms with van der Waals surface area (Å²) in [5, 5.41) is 13.6. The Balaban J connectivity index is 2.10. The number of hydrogen-bond donors (Lipinski definition) is 1. The largest absolute Gasteiger partial charge is 0.305 e. The first kappa shape index (κ1) is 13.7. The van der Waals surface area contributed by atoms with E-state index in [9.17, 15) is 8.78 Å². The Hall–Kier alpha value is -1.77. The molecule has 0 bridgehead atoms. The van der Waals surface area contributed by atoms with Crippen LogP contribution in [0.25, 0.3) is 0 Å². The van der Waals surface area contributed by atoms with Crippen LogP contribution in [-0.4, -0.2) is 0 Å². The molecule has 1 aromatic heterocycles. The second-order valence-corrected chi connectivity index (χ2v) is 5.13. The number of nitriles is 1. The van der Waals surface area contributed by atoms with Crippen LogP contribution in [0.1, 0.15) is 29.0 Å². The van der Waals surface area contributed by atoms with Crippen LogP contribution in [0, 0.1) is 23.0 Å². The number of thiophene rings is 1. The Bertz CT molecular complexity index is 579. The van der Waals surface area contributed by atoms with Crippen molar-refractivity contribution in [1.29, 1.82) is 5.26 Å². The first-order valence-corrected chi connectivity index (χ1v) is 6.64. The van der Waals surface area contributed by atoms with Crippen molar-refractivity contribution in [2.45, 2.75) is 19.5 Å². The van der Waals surface area contributed by atoms with Gasteiger partial charge in [0.1, 0.15) is 11.6 Å². The number of halogens is 2. The molecule has 0 unspecified atom stereocenters. The first-order valence-electron chi connectivity index (χ1n) is 5.76. The van der Waals surface area contributed by atoms with Gasteiger partial charge in [-0.2, -0.15) is 5.26 Å². The number of rotatable bonds is 4. The third-order valence-corrected chi connectivity index (χ3v) is 3.88. The molecule has 0 radical (unpaired) electrons. The Labute approximate surface area is 114 Å². The van der Waals surface area contributed by atoms with Crippen LogP contribution in [0.5, 0.6) is 0 Å². The van der Waals surface area contributed by atoms with Gasteiger partial charge in [-0.05, 0) is 30.5 Å². The van der Waals surface area contributed by atoms with Gasteiger partial charge in [-0.25, -0.2) is 8.78 Å². The van der Waals surface area contributed by atoms with Crippen LogP contribution in [0.2, 0.25) is 0 Å². The summed E-state index contributed by atoms with van der Waals surface area (Å²) >= 11 is 1.59. The molecule has 0 fully saturated rings. The summed E-state index contributed by atoms with van der Waals surface area (Å²) in [7, 11) is 0. The van der Waals surface area contributed by atoms with Crippen molar-refractivity contribution < 1.29 is 8.78 Å². The van der Waals surface area contributed by atoms with Gasteiger partial charge < -0.3 is 5.32 Å². The lowest BCUT2D eigenvalue weighted by molar-refractivity contribution is 0.511. The fourth-order valence-corrected chi connectivity index (χ4v) is 2.49. The summed E-state index contributed by atoms with van der Waals surface area (Å²) in [6.07, 6.45) is 0. The molecule has 1 atom stereocenters. The van der Waals surface area contributed by atoms with E-state index in [0.29, 0.717) is 0 Å². The zero-order valence-electron chi connectivity index (χ0n) is 10.3. The summed E-state index contributed by atoms with van der Waals surface area (Å²) < 4.78 is 27.3. The lowest BCUT2D eigenvalue weighted by atomic mass is 10.1. The van der Waals surface area contributed by atoms with E-state index >= 15 is 0 Å². The van der Waals surface area contributed by atoms with Crippen LogP contribution in [0.3, 0.4) is 0 Å². The smallest absolute Gasteiger partial charge is 0.131 e. The zero-order chi connectivity index (χ0) is 13.8. The van der Waals surface area contributed by atoms with Crippen LogP contribution in [0.15, 0.2) is 29.6 Å². The van der Waals surface area contributed by atoms with E-state index in [4.69, 9.17) is 5.26 Å². The van der Waals surface area contributed by atoms with E-state index in [-0.39, 0.29) is 23.7 Å². The average molecular weight is 278 g/mol. The van der Waals surface area contributed by atoms with Gasteiger partial charge in [0.05, 0.1) is 11.6 Å². The molecular formula is C14H12F2N2S. The standard InChI is InChI=1S/C14H12F2N2S/c1-9(14-3-2-4-19-14)18-8-11-12(15)5-10(7-17)6-13(11)16/h2-6,9,18H,8H2,1H3/t9-/m0/s1. The highest BCUT2D eigenvalue weighted by molar-refractivity contribution is 7.10. The van der Waals surface area contributed by atoms with Crippen LogP contribution in [-0.2, 0) is 6.54 Å². The van der Waals surface area contributed by atoms with Gasteiger partial charge in [-0.1, -0.05) is 6.07 Å². The van der Waals surface area contributed by atoms with Crippen molar-refractivity contribution in [2.75, 3.05) is 0 Å². The highest BCUT2D eigenvalue weighted by Crippen LogP contribution is 2.20. The Morgan fingerprint density at radius 2 is 2.05 bits per heavy atom. The summed E-state index contributed by atoms with van der Waals surface area (Å²) in [5.41, 5.74) is -0.0486. The van der Waals surface area contributed by atoms with Crippen LogP contribution in [0.4, 0.5) is 8.78 Å².